The minimum absolute atomic E-state index is 0.739. The van der Waals surface area contributed by atoms with E-state index in [-0.39, 0.29) is 0 Å². The molecule has 0 heterocycles. The van der Waals surface area contributed by atoms with Crippen LogP contribution in [-0.2, 0) is 11.3 Å². The smallest absolute Gasteiger partial charge is 0.0717 e. The van der Waals surface area contributed by atoms with Crippen molar-refractivity contribution < 1.29 is 4.74 Å². The highest BCUT2D eigenvalue weighted by Crippen LogP contribution is 2.04. The van der Waals surface area contributed by atoms with Crippen molar-refractivity contribution in [3.8, 4) is 0 Å². The minimum Gasteiger partial charge on any atom is -0.376 e. The summed E-state index contributed by atoms with van der Waals surface area (Å²) in [6.07, 6.45) is 0. The normalized spacial score (nSPS) is 10.2. The van der Waals surface area contributed by atoms with Crippen molar-refractivity contribution in [1.82, 2.24) is 0 Å². The van der Waals surface area contributed by atoms with Crippen molar-refractivity contribution in [3.05, 3.63) is 35.4 Å². The Kier molecular flexibility index (Phi) is 4.61. The first-order chi connectivity index (χ1) is 5.83. The number of hydrogen-bond acceptors (Lipinski definition) is 1. The summed E-state index contributed by atoms with van der Waals surface area (Å²) in [5, 5.41) is 0. The molecule has 1 aromatic carbocycles. The third kappa shape index (κ3) is 3.54. The molecule has 1 nitrogen and oxygen atoms in total. The van der Waals surface area contributed by atoms with Crippen LogP contribution in [0.3, 0.4) is 0 Å². The van der Waals surface area contributed by atoms with E-state index in [1.165, 1.54) is 11.1 Å². The van der Waals surface area contributed by atoms with Gasteiger partial charge in [0.2, 0.25) is 0 Å². The van der Waals surface area contributed by atoms with Gasteiger partial charge in [-0.3, -0.25) is 0 Å². The molecule has 0 aromatic heterocycles. The molecule has 0 saturated carbocycles. The van der Waals surface area contributed by atoms with Gasteiger partial charge in [-0.1, -0.05) is 52.4 Å². The largest absolute Gasteiger partial charge is 0.376 e. The molecule has 0 spiro atoms. The highest BCUT2D eigenvalue weighted by Gasteiger charge is 1.91. The molecule has 2 heteroatoms. The average molecular weight is 276 g/mol. The van der Waals surface area contributed by atoms with E-state index in [1.807, 2.05) is 0 Å². The standard InChI is InChI=1S/C10H13IO/c1-9-2-4-10(5-3-9)8-12-7-6-11/h2-5H,6-8H2,1H3. The lowest BCUT2D eigenvalue weighted by Crippen LogP contribution is -1.95. The second-order valence-corrected chi connectivity index (χ2v) is 3.81. The number of alkyl halides is 1. The predicted octanol–water partition coefficient (Wildman–Crippen LogP) is 2.95. The Labute approximate surface area is 87.3 Å². The van der Waals surface area contributed by atoms with Crippen molar-refractivity contribution in [2.24, 2.45) is 0 Å². The van der Waals surface area contributed by atoms with Crippen molar-refractivity contribution in [2.75, 3.05) is 11.0 Å². The molecule has 0 amide bonds. The van der Waals surface area contributed by atoms with Crippen molar-refractivity contribution in [2.45, 2.75) is 13.5 Å². The molecule has 0 fully saturated rings. The first-order valence-corrected chi connectivity index (χ1v) is 5.55. The SMILES string of the molecule is Cc1ccc(COCCI)cc1. The predicted molar refractivity (Wildman–Crippen MR) is 59.7 cm³/mol. The number of benzene rings is 1. The lowest BCUT2D eigenvalue weighted by molar-refractivity contribution is 0.138. The van der Waals surface area contributed by atoms with Crippen molar-refractivity contribution in [3.63, 3.8) is 0 Å². The van der Waals surface area contributed by atoms with E-state index in [2.05, 4.69) is 53.8 Å². The molecule has 0 atom stereocenters. The van der Waals surface area contributed by atoms with Crippen LogP contribution in [0.2, 0.25) is 0 Å². The van der Waals surface area contributed by atoms with Gasteiger partial charge >= 0.3 is 0 Å². The first-order valence-electron chi connectivity index (χ1n) is 4.02. The fourth-order valence-corrected chi connectivity index (χ4v) is 1.24. The Balaban J connectivity index is 2.37. The number of hydrogen-bond donors (Lipinski definition) is 0. The molecular weight excluding hydrogens is 263 g/mol. The maximum Gasteiger partial charge on any atom is 0.0717 e. The molecule has 0 aliphatic heterocycles. The van der Waals surface area contributed by atoms with Crippen molar-refractivity contribution in [1.29, 1.82) is 0 Å². The Morgan fingerprint density at radius 1 is 1.25 bits per heavy atom. The number of ether oxygens (including phenoxy) is 1. The Bertz CT molecular complexity index is 218. The van der Waals surface area contributed by atoms with Crippen LogP contribution in [0.1, 0.15) is 11.1 Å². The average Bonchev–Trinajstić information content (AvgIpc) is 2.09. The lowest BCUT2D eigenvalue weighted by Gasteiger charge is -2.01. The second-order valence-electron chi connectivity index (χ2n) is 2.73. The summed E-state index contributed by atoms with van der Waals surface area (Å²) in [4.78, 5) is 0. The van der Waals surface area contributed by atoms with E-state index >= 15 is 0 Å². The zero-order valence-electron chi connectivity index (χ0n) is 7.22. The molecular formula is C10H13IO. The highest BCUT2D eigenvalue weighted by atomic mass is 127. The van der Waals surface area contributed by atoms with Gasteiger partial charge in [0.15, 0.2) is 0 Å². The lowest BCUT2D eigenvalue weighted by atomic mass is 10.2. The molecule has 0 bridgehead atoms. The summed E-state index contributed by atoms with van der Waals surface area (Å²) >= 11 is 2.31. The van der Waals surface area contributed by atoms with E-state index < -0.39 is 0 Å². The monoisotopic (exact) mass is 276 g/mol. The number of rotatable bonds is 4. The summed E-state index contributed by atoms with van der Waals surface area (Å²) in [5.41, 5.74) is 2.55. The quantitative estimate of drug-likeness (QED) is 0.467. The van der Waals surface area contributed by atoms with Crippen LogP contribution in [0.5, 0.6) is 0 Å². The fourth-order valence-electron chi connectivity index (χ4n) is 0.929. The third-order valence-electron chi connectivity index (χ3n) is 1.61. The zero-order chi connectivity index (χ0) is 8.81. The van der Waals surface area contributed by atoms with Gasteiger partial charge in [-0.2, -0.15) is 0 Å². The molecule has 0 radical (unpaired) electrons. The summed E-state index contributed by atoms with van der Waals surface area (Å²) in [6.45, 7) is 3.67. The van der Waals surface area contributed by atoms with Crippen LogP contribution in [-0.4, -0.2) is 11.0 Å². The van der Waals surface area contributed by atoms with Gasteiger partial charge in [-0.15, -0.1) is 0 Å². The molecule has 66 valence electrons. The van der Waals surface area contributed by atoms with Gasteiger partial charge in [-0.05, 0) is 12.5 Å². The Morgan fingerprint density at radius 3 is 2.50 bits per heavy atom. The molecule has 1 rings (SSSR count). The van der Waals surface area contributed by atoms with Gasteiger partial charge in [0.1, 0.15) is 0 Å². The molecule has 0 saturated heterocycles. The van der Waals surface area contributed by atoms with E-state index in [0.29, 0.717) is 0 Å². The fraction of sp³-hybridized carbons (Fsp3) is 0.400. The zero-order valence-corrected chi connectivity index (χ0v) is 9.37. The molecule has 12 heavy (non-hydrogen) atoms. The van der Waals surface area contributed by atoms with Crippen LogP contribution in [0, 0.1) is 6.92 Å². The molecule has 0 N–H and O–H groups in total. The molecule has 0 aliphatic carbocycles. The van der Waals surface area contributed by atoms with E-state index in [4.69, 9.17) is 4.74 Å². The highest BCUT2D eigenvalue weighted by molar-refractivity contribution is 14.1. The van der Waals surface area contributed by atoms with Gasteiger partial charge in [0.25, 0.3) is 0 Å². The van der Waals surface area contributed by atoms with E-state index in [9.17, 15) is 0 Å². The topological polar surface area (TPSA) is 9.23 Å². The van der Waals surface area contributed by atoms with E-state index in [0.717, 1.165) is 17.6 Å². The molecule has 0 aliphatic rings. The van der Waals surface area contributed by atoms with Crippen molar-refractivity contribution >= 4 is 22.6 Å². The third-order valence-corrected chi connectivity index (χ3v) is 2.05. The van der Waals surface area contributed by atoms with Gasteiger partial charge < -0.3 is 4.74 Å². The molecule has 0 unspecified atom stereocenters. The van der Waals surface area contributed by atoms with Crippen LogP contribution >= 0.6 is 22.6 Å². The maximum absolute atomic E-state index is 5.40. The Morgan fingerprint density at radius 2 is 1.92 bits per heavy atom. The van der Waals surface area contributed by atoms with Gasteiger partial charge in [-0.25, -0.2) is 0 Å². The van der Waals surface area contributed by atoms with Crippen LogP contribution in [0.25, 0.3) is 0 Å². The van der Waals surface area contributed by atoms with Crippen LogP contribution < -0.4 is 0 Å². The molecule has 1 aromatic rings. The van der Waals surface area contributed by atoms with E-state index in [1.54, 1.807) is 0 Å². The maximum atomic E-state index is 5.40. The summed E-state index contributed by atoms with van der Waals surface area (Å²) < 4.78 is 6.46. The summed E-state index contributed by atoms with van der Waals surface area (Å²) in [7, 11) is 0. The van der Waals surface area contributed by atoms with Gasteiger partial charge in [0, 0.05) is 4.43 Å². The van der Waals surface area contributed by atoms with Crippen LogP contribution in [0.4, 0.5) is 0 Å². The number of aryl methyl sites for hydroxylation is 1. The summed E-state index contributed by atoms with van der Waals surface area (Å²) in [5.74, 6) is 0. The number of halogens is 1. The minimum atomic E-state index is 0.739. The summed E-state index contributed by atoms with van der Waals surface area (Å²) in [6, 6.07) is 8.45. The second kappa shape index (κ2) is 5.54. The van der Waals surface area contributed by atoms with Crippen LogP contribution in [0.15, 0.2) is 24.3 Å². The Hall–Kier alpha value is -0.0900. The first kappa shape index (κ1) is 9.99. The van der Waals surface area contributed by atoms with Gasteiger partial charge in [0.05, 0.1) is 13.2 Å².